The molecular formula is C14H13ClFN. The molecule has 0 aliphatic heterocycles. The highest BCUT2D eigenvalue weighted by molar-refractivity contribution is 6.30. The van der Waals surface area contributed by atoms with E-state index in [1.165, 1.54) is 6.07 Å². The van der Waals surface area contributed by atoms with Gasteiger partial charge >= 0.3 is 0 Å². The van der Waals surface area contributed by atoms with Crippen LogP contribution in [0.25, 0.3) is 11.1 Å². The van der Waals surface area contributed by atoms with Crippen LogP contribution in [0.1, 0.15) is 11.1 Å². The molecule has 0 bridgehead atoms. The highest BCUT2D eigenvalue weighted by Gasteiger charge is 2.06. The van der Waals surface area contributed by atoms with Crippen LogP contribution in [0.2, 0.25) is 5.02 Å². The fraction of sp³-hybridized carbons (Fsp3) is 0.143. The number of nitrogens with two attached hydrogens (primary N) is 1. The summed E-state index contributed by atoms with van der Waals surface area (Å²) in [5.41, 5.74) is 9.24. The average Bonchev–Trinajstić information content (AvgIpc) is 2.32. The Morgan fingerprint density at radius 1 is 1.18 bits per heavy atom. The Morgan fingerprint density at radius 2 is 1.94 bits per heavy atom. The van der Waals surface area contributed by atoms with Gasteiger partial charge < -0.3 is 5.73 Å². The summed E-state index contributed by atoms with van der Waals surface area (Å²) in [5.74, 6) is -0.197. The lowest BCUT2D eigenvalue weighted by Gasteiger charge is -2.09. The van der Waals surface area contributed by atoms with Crippen molar-refractivity contribution in [3.05, 3.63) is 58.4 Å². The zero-order valence-electron chi connectivity index (χ0n) is 9.50. The van der Waals surface area contributed by atoms with E-state index >= 15 is 0 Å². The summed E-state index contributed by atoms with van der Waals surface area (Å²) < 4.78 is 13.2. The molecule has 0 spiro atoms. The van der Waals surface area contributed by atoms with Crippen LogP contribution in [0.5, 0.6) is 0 Å². The maximum absolute atomic E-state index is 13.2. The van der Waals surface area contributed by atoms with Crippen molar-refractivity contribution in [1.29, 1.82) is 0 Å². The topological polar surface area (TPSA) is 26.0 Å². The molecule has 0 saturated heterocycles. The summed E-state index contributed by atoms with van der Waals surface area (Å²) in [6, 6.07) is 10.6. The van der Waals surface area contributed by atoms with Crippen LogP contribution >= 0.6 is 11.6 Å². The molecule has 0 aromatic heterocycles. The Bertz CT molecular complexity index is 552. The number of aryl methyl sites for hydroxylation is 1. The minimum Gasteiger partial charge on any atom is -0.326 e. The summed E-state index contributed by atoms with van der Waals surface area (Å²) in [6.45, 7) is 2.16. The molecule has 2 aromatic carbocycles. The van der Waals surface area contributed by atoms with Gasteiger partial charge in [0.1, 0.15) is 5.82 Å². The minimum absolute atomic E-state index is 0.197. The van der Waals surface area contributed by atoms with Crippen LogP contribution in [0.15, 0.2) is 36.4 Å². The second-order valence-electron chi connectivity index (χ2n) is 3.97. The molecule has 0 amide bonds. The first-order valence-corrected chi connectivity index (χ1v) is 5.74. The van der Waals surface area contributed by atoms with E-state index in [0.717, 1.165) is 16.7 Å². The highest BCUT2D eigenvalue weighted by Crippen LogP contribution is 2.27. The molecule has 0 atom stereocenters. The molecule has 0 unspecified atom stereocenters. The second kappa shape index (κ2) is 4.86. The highest BCUT2D eigenvalue weighted by atomic mass is 35.5. The van der Waals surface area contributed by atoms with E-state index in [-0.39, 0.29) is 5.82 Å². The number of rotatable bonds is 2. The monoisotopic (exact) mass is 249 g/mol. The quantitative estimate of drug-likeness (QED) is 0.858. The molecule has 0 saturated carbocycles. The lowest BCUT2D eigenvalue weighted by Crippen LogP contribution is -1.99. The predicted molar refractivity (Wildman–Crippen MR) is 69.5 cm³/mol. The summed E-state index contributed by atoms with van der Waals surface area (Å²) in [6.07, 6.45) is 0. The van der Waals surface area contributed by atoms with Crippen molar-refractivity contribution in [2.24, 2.45) is 5.73 Å². The normalized spacial score (nSPS) is 10.6. The van der Waals surface area contributed by atoms with Crippen LogP contribution in [-0.4, -0.2) is 0 Å². The van der Waals surface area contributed by atoms with E-state index in [9.17, 15) is 4.39 Å². The van der Waals surface area contributed by atoms with Crippen molar-refractivity contribution in [2.75, 3.05) is 0 Å². The van der Waals surface area contributed by atoms with E-state index in [2.05, 4.69) is 0 Å². The lowest BCUT2D eigenvalue weighted by molar-refractivity contribution is 0.619. The Balaban J connectivity index is 2.55. The maximum atomic E-state index is 13.2. The Hall–Kier alpha value is -1.38. The van der Waals surface area contributed by atoms with Gasteiger partial charge in [0.25, 0.3) is 0 Å². The molecule has 0 radical (unpaired) electrons. The third kappa shape index (κ3) is 2.48. The molecule has 88 valence electrons. The van der Waals surface area contributed by atoms with Gasteiger partial charge in [0, 0.05) is 11.6 Å². The van der Waals surface area contributed by atoms with Gasteiger partial charge in [-0.3, -0.25) is 0 Å². The molecule has 1 nitrogen and oxygen atoms in total. The van der Waals surface area contributed by atoms with Crippen molar-refractivity contribution in [3.63, 3.8) is 0 Å². The predicted octanol–water partition coefficient (Wildman–Crippen LogP) is 3.91. The largest absolute Gasteiger partial charge is 0.326 e. The molecule has 2 rings (SSSR count). The van der Waals surface area contributed by atoms with Crippen molar-refractivity contribution in [2.45, 2.75) is 13.5 Å². The molecular weight excluding hydrogens is 237 g/mol. The first-order valence-electron chi connectivity index (χ1n) is 5.37. The molecule has 0 fully saturated rings. The number of hydrogen-bond acceptors (Lipinski definition) is 1. The van der Waals surface area contributed by atoms with Gasteiger partial charge in [-0.2, -0.15) is 0 Å². The van der Waals surface area contributed by atoms with Gasteiger partial charge in [-0.25, -0.2) is 4.39 Å². The van der Waals surface area contributed by atoms with Gasteiger partial charge in [0.2, 0.25) is 0 Å². The van der Waals surface area contributed by atoms with E-state index in [1.54, 1.807) is 13.0 Å². The Labute approximate surface area is 105 Å². The van der Waals surface area contributed by atoms with Crippen LogP contribution in [0.4, 0.5) is 4.39 Å². The summed E-state index contributed by atoms with van der Waals surface area (Å²) in [5, 5.41) is 0.660. The van der Waals surface area contributed by atoms with Crippen molar-refractivity contribution in [3.8, 4) is 11.1 Å². The molecule has 2 aromatic rings. The fourth-order valence-corrected chi connectivity index (χ4v) is 2.02. The standard InChI is InChI=1S/C14H13ClFN/c1-9-6-10(2-5-14(9)16)13-4-3-12(15)7-11(13)8-17/h2-7H,8,17H2,1H3. The first kappa shape index (κ1) is 12.1. The minimum atomic E-state index is -0.197. The van der Waals surface area contributed by atoms with Gasteiger partial charge in [-0.15, -0.1) is 0 Å². The van der Waals surface area contributed by atoms with Crippen LogP contribution in [-0.2, 0) is 6.54 Å². The van der Waals surface area contributed by atoms with Crippen molar-refractivity contribution in [1.82, 2.24) is 0 Å². The van der Waals surface area contributed by atoms with Crippen molar-refractivity contribution >= 4 is 11.6 Å². The molecule has 0 heterocycles. The summed E-state index contributed by atoms with van der Waals surface area (Å²) >= 11 is 5.92. The number of benzene rings is 2. The summed E-state index contributed by atoms with van der Waals surface area (Å²) in [4.78, 5) is 0. The maximum Gasteiger partial charge on any atom is 0.126 e. The van der Waals surface area contributed by atoms with E-state index in [0.29, 0.717) is 17.1 Å². The van der Waals surface area contributed by atoms with Gasteiger partial charge in [-0.05, 0) is 53.4 Å². The number of halogens is 2. The van der Waals surface area contributed by atoms with Crippen LogP contribution < -0.4 is 5.73 Å². The Kier molecular flexibility index (Phi) is 3.46. The molecule has 3 heteroatoms. The van der Waals surface area contributed by atoms with Crippen LogP contribution in [0, 0.1) is 12.7 Å². The fourth-order valence-electron chi connectivity index (χ4n) is 1.83. The van der Waals surface area contributed by atoms with Gasteiger partial charge in [0.05, 0.1) is 0 Å². The van der Waals surface area contributed by atoms with E-state index in [1.807, 2.05) is 24.3 Å². The van der Waals surface area contributed by atoms with Gasteiger partial charge in [0.15, 0.2) is 0 Å². The van der Waals surface area contributed by atoms with E-state index in [4.69, 9.17) is 17.3 Å². The molecule has 0 aliphatic carbocycles. The zero-order chi connectivity index (χ0) is 12.4. The molecule has 0 aliphatic rings. The first-order chi connectivity index (χ1) is 8.11. The SMILES string of the molecule is Cc1cc(-c2ccc(Cl)cc2CN)ccc1F. The van der Waals surface area contributed by atoms with Crippen LogP contribution in [0.3, 0.4) is 0 Å². The summed E-state index contributed by atoms with van der Waals surface area (Å²) in [7, 11) is 0. The molecule has 2 N–H and O–H groups in total. The van der Waals surface area contributed by atoms with Crippen molar-refractivity contribution < 1.29 is 4.39 Å². The second-order valence-corrected chi connectivity index (χ2v) is 4.41. The smallest absolute Gasteiger partial charge is 0.126 e. The average molecular weight is 250 g/mol. The lowest BCUT2D eigenvalue weighted by atomic mass is 9.98. The third-order valence-electron chi connectivity index (χ3n) is 2.76. The Morgan fingerprint density at radius 3 is 2.59 bits per heavy atom. The number of hydrogen-bond donors (Lipinski definition) is 1. The van der Waals surface area contributed by atoms with Gasteiger partial charge in [-0.1, -0.05) is 23.7 Å². The zero-order valence-corrected chi connectivity index (χ0v) is 10.3. The molecule has 17 heavy (non-hydrogen) atoms. The van der Waals surface area contributed by atoms with E-state index < -0.39 is 0 Å². The third-order valence-corrected chi connectivity index (χ3v) is 2.99.